The molecule has 1 heterocycles. The van der Waals surface area contributed by atoms with Crippen molar-refractivity contribution in [1.82, 2.24) is 14.9 Å². The summed E-state index contributed by atoms with van der Waals surface area (Å²) in [6.07, 6.45) is 3.52. The second-order valence-corrected chi connectivity index (χ2v) is 3.91. The molecule has 15 heavy (non-hydrogen) atoms. The van der Waals surface area contributed by atoms with E-state index < -0.39 is 0 Å². The molecule has 0 aliphatic rings. The Labute approximate surface area is 89.9 Å². The summed E-state index contributed by atoms with van der Waals surface area (Å²) in [6.45, 7) is 5.09. The first-order chi connectivity index (χ1) is 7.09. The average molecular weight is 210 g/mol. The average Bonchev–Trinajstić information content (AvgIpc) is 2.58. The molecule has 1 aromatic rings. The maximum atomic E-state index is 11.3. The number of rotatable bonds is 5. The second-order valence-electron chi connectivity index (χ2n) is 3.91. The smallest absolute Gasteiger partial charge is 0.239 e. The number of hydrogen-bond acceptors (Lipinski definition) is 3. The molecule has 1 amide bonds. The number of nitrogens with zero attached hydrogens (tertiary/aromatic N) is 2. The van der Waals surface area contributed by atoms with E-state index in [-0.39, 0.29) is 12.5 Å². The third kappa shape index (κ3) is 4.01. The van der Waals surface area contributed by atoms with Gasteiger partial charge in [0.2, 0.25) is 11.9 Å². The Morgan fingerprint density at radius 2 is 2.33 bits per heavy atom. The molecule has 5 heteroatoms. The van der Waals surface area contributed by atoms with Crippen LogP contribution in [0.2, 0.25) is 0 Å². The van der Waals surface area contributed by atoms with E-state index in [1.807, 2.05) is 17.8 Å². The molecule has 0 radical (unpaired) electrons. The summed E-state index contributed by atoms with van der Waals surface area (Å²) in [5.41, 5.74) is 0. The van der Waals surface area contributed by atoms with Gasteiger partial charge in [0.05, 0.1) is 6.54 Å². The Morgan fingerprint density at radius 3 is 2.87 bits per heavy atom. The third-order valence-electron chi connectivity index (χ3n) is 1.94. The van der Waals surface area contributed by atoms with E-state index >= 15 is 0 Å². The van der Waals surface area contributed by atoms with Crippen molar-refractivity contribution >= 4 is 11.9 Å². The minimum Gasteiger partial charge on any atom is -0.354 e. The fourth-order valence-corrected chi connectivity index (χ4v) is 1.08. The molecule has 0 fully saturated rings. The highest BCUT2D eigenvalue weighted by Crippen LogP contribution is 1.99. The predicted molar refractivity (Wildman–Crippen MR) is 59.5 cm³/mol. The van der Waals surface area contributed by atoms with Crippen molar-refractivity contribution in [3.8, 4) is 0 Å². The zero-order chi connectivity index (χ0) is 11.3. The lowest BCUT2D eigenvalue weighted by atomic mass is 10.2. The number of amides is 1. The molecule has 84 valence electrons. The summed E-state index contributed by atoms with van der Waals surface area (Å²) in [5.74, 6) is 1.17. The van der Waals surface area contributed by atoms with Crippen LogP contribution < -0.4 is 10.6 Å². The van der Waals surface area contributed by atoms with Gasteiger partial charge in [0, 0.05) is 26.0 Å². The van der Waals surface area contributed by atoms with Gasteiger partial charge < -0.3 is 15.2 Å². The van der Waals surface area contributed by atoms with Gasteiger partial charge >= 0.3 is 0 Å². The van der Waals surface area contributed by atoms with Crippen molar-refractivity contribution in [1.29, 1.82) is 0 Å². The first kappa shape index (κ1) is 11.6. The molecule has 0 atom stereocenters. The number of carbonyl (C=O) groups excluding carboxylic acids is 1. The van der Waals surface area contributed by atoms with Crippen LogP contribution in [-0.2, 0) is 11.8 Å². The van der Waals surface area contributed by atoms with Gasteiger partial charge in [0.15, 0.2) is 0 Å². The number of hydrogen-bond donors (Lipinski definition) is 2. The molecule has 0 spiro atoms. The number of aromatic nitrogens is 2. The standard InChI is InChI=1S/C10H18N4O/c1-8(2)6-12-9(15)7-13-10-11-4-5-14(10)3/h4-5,8H,6-7H2,1-3H3,(H,11,13)(H,12,15). The Kier molecular flexibility index (Phi) is 4.15. The SMILES string of the molecule is CC(C)CNC(=O)CNc1nccn1C. The largest absolute Gasteiger partial charge is 0.354 e. The van der Waals surface area contributed by atoms with Crippen LogP contribution in [0.1, 0.15) is 13.8 Å². The first-order valence-electron chi connectivity index (χ1n) is 5.07. The first-order valence-corrected chi connectivity index (χ1v) is 5.07. The van der Waals surface area contributed by atoms with Crippen molar-refractivity contribution in [2.45, 2.75) is 13.8 Å². The van der Waals surface area contributed by atoms with Crippen molar-refractivity contribution in [3.63, 3.8) is 0 Å². The van der Waals surface area contributed by atoms with Gasteiger partial charge in [-0.1, -0.05) is 13.8 Å². The summed E-state index contributed by atoms with van der Waals surface area (Å²) in [4.78, 5) is 15.4. The number of anilines is 1. The van der Waals surface area contributed by atoms with E-state index in [2.05, 4.69) is 29.5 Å². The number of aryl methyl sites for hydroxylation is 1. The predicted octanol–water partition coefficient (Wildman–Crippen LogP) is 0.604. The zero-order valence-electron chi connectivity index (χ0n) is 9.45. The molecule has 0 aliphatic carbocycles. The molecule has 0 aliphatic heterocycles. The fourth-order valence-electron chi connectivity index (χ4n) is 1.08. The second kappa shape index (κ2) is 5.38. The molecule has 5 nitrogen and oxygen atoms in total. The van der Waals surface area contributed by atoms with Crippen LogP contribution in [-0.4, -0.2) is 28.5 Å². The third-order valence-corrected chi connectivity index (χ3v) is 1.94. The lowest BCUT2D eigenvalue weighted by Crippen LogP contribution is -2.32. The monoisotopic (exact) mass is 210 g/mol. The molecular weight excluding hydrogens is 192 g/mol. The quantitative estimate of drug-likeness (QED) is 0.748. The maximum absolute atomic E-state index is 11.3. The minimum absolute atomic E-state index is 0.00769. The maximum Gasteiger partial charge on any atom is 0.239 e. The Morgan fingerprint density at radius 1 is 1.60 bits per heavy atom. The fraction of sp³-hybridized carbons (Fsp3) is 0.600. The molecule has 1 rings (SSSR count). The number of carbonyl (C=O) groups is 1. The van der Waals surface area contributed by atoms with Gasteiger partial charge in [0.1, 0.15) is 0 Å². The van der Waals surface area contributed by atoms with Crippen LogP contribution in [0.15, 0.2) is 12.4 Å². The minimum atomic E-state index is -0.00769. The summed E-state index contributed by atoms with van der Waals surface area (Å²) in [6, 6.07) is 0. The highest BCUT2D eigenvalue weighted by molar-refractivity contribution is 5.80. The van der Waals surface area contributed by atoms with Crippen molar-refractivity contribution < 1.29 is 4.79 Å². The summed E-state index contributed by atoms with van der Waals surface area (Å²) >= 11 is 0. The molecule has 0 saturated heterocycles. The van der Waals surface area contributed by atoms with E-state index in [9.17, 15) is 4.79 Å². The van der Waals surface area contributed by atoms with Gasteiger partial charge in [-0.25, -0.2) is 4.98 Å². The summed E-state index contributed by atoms with van der Waals surface area (Å²) < 4.78 is 1.83. The van der Waals surface area contributed by atoms with Crippen molar-refractivity contribution in [3.05, 3.63) is 12.4 Å². The molecule has 0 saturated carbocycles. The highest BCUT2D eigenvalue weighted by Gasteiger charge is 2.03. The highest BCUT2D eigenvalue weighted by atomic mass is 16.1. The van der Waals surface area contributed by atoms with Crippen molar-refractivity contribution in [2.75, 3.05) is 18.4 Å². The number of nitrogens with one attached hydrogen (secondary N) is 2. The zero-order valence-corrected chi connectivity index (χ0v) is 9.45. The summed E-state index contributed by atoms with van der Waals surface area (Å²) in [5, 5.41) is 5.78. The number of imidazole rings is 1. The molecule has 0 bridgehead atoms. The lowest BCUT2D eigenvalue weighted by Gasteiger charge is -2.08. The lowest BCUT2D eigenvalue weighted by molar-refractivity contribution is -0.119. The molecular formula is C10H18N4O. The van der Waals surface area contributed by atoms with Crippen molar-refractivity contribution in [2.24, 2.45) is 13.0 Å². The van der Waals surface area contributed by atoms with Gasteiger partial charge in [-0.2, -0.15) is 0 Å². The van der Waals surface area contributed by atoms with E-state index in [1.165, 1.54) is 0 Å². The van der Waals surface area contributed by atoms with E-state index in [4.69, 9.17) is 0 Å². The normalized spacial score (nSPS) is 10.4. The van der Waals surface area contributed by atoms with Crippen LogP contribution in [0.4, 0.5) is 5.95 Å². The van der Waals surface area contributed by atoms with Crippen LogP contribution in [0.5, 0.6) is 0 Å². The molecule has 0 aromatic carbocycles. The van der Waals surface area contributed by atoms with E-state index in [0.717, 1.165) is 0 Å². The van der Waals surface area contributed by atoms with Crippen LogP contribution in [0.3, 0.4) is 0 Å². The van der Waals surface area contributed by atoms with Crippen LogP contribution in [0.25, 0.3) is 0 Å². The van der Waals surface area contributed by atoms with Gasteiger partial charge in [-0.3, -0.25) is 4.79 Å². The van der Waals surface area contributed by atoms with Gasteiger partial charge in [-0.05, 0) is 5.92 Å². The van der Waals surface area contributed by atoms with E-state index in [1.54, 1.807) is 6.20 Å². The molecule has 0 unspecified atom stereocenters. The molecule has 2 N–H and O–H groups in total. The van der Waals surface area contributed by atoms with E-state index in [0.29, 0.717) is 18.4 Å². The summed E-state index contributed by atoms with van der Waals surface area (Å²) in [7, 11) is 1.88. The topological polar surface area (TPSA) is 59.0 Å². The Bertz CT molecular complexity index is 319. The van der Waals surface area contributed by atoms with Crippen LogP contribution >= 0.6 is 0 Å². The van der Waals surface area contributed by atoms with Gasteiger partial charge in [0.25, 0.3) is 0 Å². The Balaban J connectivity index is 2.26. The molecule has 1 aromatic heterocycles. The van der Waals surface area contributed by atoms with Crippen LogP contribution in [0, 0.1) is 5.92 Å². The Hall–Kier alpha value is -1.52. The van der Waals surface area contributed by atoms with Gasteiger partial charge in [-0.15, -0.1) is 0 Å².